The molecule has 0 N–H and O–H groups in total. The Morgan fingerprint density at radius 2 is 2.04 bits per heavy atom. The Kier molecular flexibility index (Phi) is 6.40. The van der Waals surface area contributed by atoms with Crippen LogP contribution in [0.3, 0.4) is 0 Å². The Morgan fingerprint density at radius 3 is 2.68 bits per heavy atom. The predicted molar refractivity (Wildman–Crippen MR) is 108 cm³/mol. The molecule has 0 amide bonds. The van der Waals surface area contributed by atoms with Crippen LogP contribution in [0.25, 0.3) is 0 Å². The average molecular weight is 438 g/mol. The predicted octanol–water partition coefficient (Wildman–Crippen LogP) is 4.14. The highest BCUT2D eigenvalue weighted by atomic mass is 35.5. The molecule has 0 atom stereocenters. The number of hydrogen-bond donors (Lipinski definition) is 0. The van der Waals surface area contributed by atoms with Crippen LogP contribution in [0, 0.1) is 10.1 Å². The summed E-state index contributed by atoms with van der Waals surface area (Å²) in [5, 5.41) is 14.8. The summed E-state index contributed by atoms with van der Waals surface area (Å²) >= 11 is 7.29. The van der Waals surface area contributed by atoms with E-state index >= 15 is 0 Å². The van der Waals surface area contributed by atoms with Gasteiger partial charge in [-0.2, -0.15) is 15.6 Å². The summed E-state index contributed by atoms with van der Waals surface area (Å²) in [6, 6.07) is 10.8. The van der Waals surface area contributed by atoms with E-state index in [0.717, 1.165) is 17.3 Å². The van der Waals surface area contributed by atoms with E-state index in [1.54, 1.807) is 12.3 Å². The molecule has 2 heterocycles. The summed E-state index contributed by atoms with van der Waals surface area (Å²) in [4.78, 5) is 14.5. The van der Waals surface area contributed by atoms with Crippen LogP contribution < -0.4 is 0 Å². The van der Waals surface area contributed by atoms with Gasteiger partial charge in [-0.15, -0.1) is 0 Å². The maximum atomic E-state index is 13.2. The van der Waals surface area contributed by atoms with Crippen LogP contribution >= 0.6 is 22.9 Å². The molecule has 7 nitrogen and oxygen atoms in total. The summed E-state index contributed by atoms with van der Waals surface area (Å²) in [6.45, 7) is 0.348. The van der Waals surface area contributed by atoms with Gasteiger partial charge < -0.3 is 0 Å². The lowest BCUT2D eigenvalue weighted by atomic mass is 10.2. The van der Waals surface area contributed by atoms with Gasteiger partial charge in [0.1, 0.15) is 5.02 Å². The lowest BCUT2D eigenvalue weighted by Gasteiger charge is -2.22. The molecule has 0 aliphatic rings. The molecule has 0 bridgehead atoms. The Hall–Kier alpha value is -2.33. The molecule has 0 saturated heterocycles. The Labute approximate surface area is 171 Å². The number of thiophene rings is 1. The van der Waals surface area contributed by atoms with Crippen molar-refractivity contribution in [1.29, 1.82) is 0 Å². The third-order valence-electron chi connectivity index (χ3n) is 4.03. The molecule has 2 aromatic heterocycles. The number of benzene rings is 1. The maximum Gasteiger partial charge on any atom is 0.289 e. The molecule has 0 unspecified atom stereocenters. The summed E-state index contributed by atoms with van der Waals surface area (Å²) in [6.07, 6.45) is 2.06. The van der Waals surface area contributed by atoms with Gasteiger partial charge in [-0.25, -0.2) is 8.42 Å². The fraction of sp³-hybridized carbons (Fsp3) is 0.167. The van der Waals surface area contributed by atoms with Crippen LogP contribution in [0.5, 0.6) is 0 Å². The van der Waals surface area contributed by atoms with E-state index in [2.05, 4.69) is 4.98 Å². The molecule has 0 fully saturated rings. The largest absolute Gasteiger partial charge is 0.289 e. The van der Waals surface area contributed by atoms with Crippen molar-refractivity contribution in [2.45, 2.75) is 17.9 Å². The second-order valence-electron chi connectivity index (χ2n) is 5.91. The number of nitro groups is 1. The van der Waals surface area contributed by atoms with Gasteiger partial charge in [-0.05, 0) is 46.7 Å². The molecule has 10 heteroatoms. The average Bonchev–Trinajstić information content (AvgIpc) is 3.19. The normalized spacial score (nSPS) is 11.6. The number of pyridine rings is 1. The molecule has 3 aromatic rings. The quantitative estimate of drug-likeness (QED) is 0.390. The van der Waals surface area contributed by atoms with E-state index in [1.165, 1.54) is 27.8 Å². The van der Waals surface area contributed by atoms with Gasteiger partial charge in [0.15, 0.2) is 0 Å². The third-order valence-corrected chi connectivity index (χ3v) is 6.93. The third kappa shape index (κ3) is 4.74. The highest BCUT2D eigenvalue weighted by Gasteiger charge is 2.27. The first kappa shape index (κ1) is 20.4. The molecule has 0 aliphatic heterocycles. The van der Waals surface area contributed by atoms with Crippen LogP contribution in [-0.4, -0.2) is 29.2 Å². The number of nitro benzene ring substituents is 1. The highest BCUT2D eigenvalue weighted by Crippen LogP contribution is 2.29. The van der Waals surface area contributed by atoms with Crippen LogP contribution in [0.15, 0.2) is 64.3 Å². The maximum absolute atomic E-state index is 13.2. The molecule has 0 saturated carbocycles. The zero-order chi connectivity index (χ0) is 20.1. The second-order valence-corrected chi connectivity index (χ2v) is 9.04. The van der Waals surface area contributed by atoms with E-state index in [4.69, 9.17) is 11.6 Å². The van der Waals surface area contributed by atoms with Crippen molar-refractivity contribution in [2.24, 2.45) is 0 Å². The number of aromatic nitrogens is 1. The number of hydrogen-bond acceptors (Lipinski definition) is 6. The van der Waals surface area contributed by atoms with Crippen molar-refractivity contribution >= 4 is 38.6 Å². The number of rotatable bonds is 8. The van der Waals surface area contributed by atoms with Crippen molar-refractivity contribution in [3.63, 3.8) is 0 Å². The molecule has 28 heavy (non-hydrogen) atoms. The van der Waals surface area contributed by atoms with E-state index in [9.17, 15) is 18.5 Å². The van der Waals surface area contributed by atoms with Gasteiger partial charge in [0.25, 0.3) is 5.69 Å². The lowest BCUT2D eigenvalue weighted by molar-refractivity contribution is -0.384. The fourth-order valence-electron chi connectivity index (χ4n) is 2.60. The molecule has 3 rings (SSSR count). The topological polar surface area (TPSA) is 93.4 Å². The molecule has 146 valence electrons. The van der Waals surface area contributed by atoms with Crippen molar-refractivity contribution in [2.75, 3.05) is 6.54 Å². The Morgan fingerprint density at radius 1 is 1.21 bits per heavy atom. The Balaban J connectivity index is 1.93. The highest BCUT2D eigenvalue weighted by molar-refractivity contribution is 7.89. The summed E-state index contributed by atoms with van der Waals surface area (Å²) in [5.41, 5.74) is 1.16. The van der Waals surface area contributed by atoms with Crippen LogP contribution in [-0.2, 0) is 23.0 Å². The standard InChI is InChI=1S/C18H16ClN3O4S2/c19-17-5-4-16(11-18(17)22(23)24)28(25,26)21(12-14-7-10-27-13-14)9-6-15-3-1-2-8-20-15/h1-5,7-8,10-11,13H,6,9,12H2. The SMILES string of the molecule is O=[N+]([O-])c1cc(S(=O)(=O)N(CCc2ccccn2)Cc2ccsc2)ccc1Cl. The van der Waals surface area contributed by atoms with Crippen molar-refractivity contribution in [1.82, 2.24) is 9.29 Å². The van der Waals surface area contributed by atoms with E-state index < -0.39 is 20.6 Å². The van der Waals surface area contributed by atoms with E-state index in [1.807, 2.05) is 29.0 Å². The minimum absolute atomic E-state index is 0.109. The monoisotopic (exact) mass is 437 g/mol. The van der Waals surface area contributed by atoms with Crippen LogP contribution in [0.4, 0.5) is 5.69 Å². The van der Waals surface area contributed by atoms with Gasteiger partial charge in [0.05, 0.1) is 9.82 Å². The molecule has 0 aliphatic carbocycles. The summed E-state index contributed by atoms with van der Waals surface area (Å²) in [7, 11) is -3.97. The smallest absolute Gasteiger partial charge is 0.261 e. The van der Waals surface area contributed by atoms with Crippen molar-refractivity contribution < 1.29 is 13.3 Å². The van der Waals surface area contributed by atoms with Gasteiger partial charge in [-0.3, -0.25) is 15.1 Å². The molecule has 0 spiro atoms. The fourth-order valence-corrected chi connectivity index (χ4v) is 4.89. The lowest BCUT2D eigenvalue weighted by Crippen LogP contribution is -2.32. The summed E-state index contributed by atoms with van der Waals surface area (Å²) < 4.78 is 27.7. The first-order chi connectivity index (χ1) is 13.4. The Bertz CT molecular complexity index is 1060. The van der Waals surface area contributed by atoms with Crippen LogP contribution in [0.1, 0.15) is 11.3 Å². The van der Waals surface area contributed by atoms with E-state index in [0.29, 0.717) is 6.42 Å². The second kappa shape index (κ2) is 8.78. The first-order valence-corrected chi connectivity index (χ1v) is 11.0. The first-order valence-electron chi connectivity index (χ1n) is 8.23. The minimum Gasteiger partial charge on any atom is -0.261 e. The number of halogens is 1. The molecule has 1 aromatic carbocycles. The van der Waals surface area contributed by atoms with Gasteiger partial charge in [0.2, 0.25) is 10.0 Å². The zero-order valence-electron chi connectivity index (χ0n) is 14.6. The van der Waals surface area contributed by atoms with Crippen LogP contribution in [0.2, 0.25) is 5.02 Å². The van der Waals surface area contributed by atoms with Gasteiger partial charge >= 0.3 is 0 Å². The number of sulfonamides is 1. The zero-order valence-corrected chi connectivity index (χ0v) is 17.0. The van der Waals surface area contributed by atoms with Crippen molar-refractivity contribution in [3.05, 3.63) is 85.8 Å². The molecular weight excluding hydrogens is 422 g/mol. The van der Waals surface area contributed by atoms with Gasteiger partial charge in [0, 0.05) is 37.5 Å². The van der Waals surface area contributed by atoms with E-state index in [-0.39, 0.29) is 23.0 Å². The minimum atomic E-state index is -3.97. The number of nitrogens with zero attached hydrogens (tertiary/aromatic N) is 3. The van der Waals surface area contributed by atoms with Gasteiger partial charge in [-0.1, -0.05) is 17.7 Å². The van der Waals surface area contributed by atoms with Crippen molar-refractivity contribution in [3.8, 4) is 0 Å². The molecular formula is C18H16ClN3O4S2. The summed E-state index contributed by atoms with van der Waals surface area (Å²) in [5.74, 6) is 0. The molecule has 0 radical (unpaired) electrons.